The number of hydrogen-bond donors (Lipinski definition) is 2. The Morgan fingerprint density at radius 2 is 2.06 bits per heavy atom. The van der Waals surface area contributed by atoms with Crippen molar-refractivity contribution < 1.29 is 9.59 Å². The minimum absolute atomic E-state index is 0.199. The van der Waals surface area contributed by atoms with Crippen LogP contribution in [0.3, 0.4) is 0 Å². The lowest BCUT2D eigenvalue weighted by atomic mass is 10.1. The number of primary amides is 1. The molecule has 3 N–H and O–H groups in total. The van der Waals surface area contributed by atoms with Crippen LogP contribution in [0.5, 0.6) is 0 Å². The summed E-state index contributed by atoms with van der Waals surface area (Å²) in [6, 6.07) is 6.97. The van der Waals surface area contributed by atoms with Crippen LogP contribution in [0.25, 0.3) is 0 Å². The minimum Gasteiger partial charge on any atom is -0.368 e. The second kappa shape index (κ2) is 5.83. The average Bonchev–Trinajstić information content (AvgIpc) is 2.21. The number of nitrogens with one attached hydrogen (secondary N) is 1. The van der Waals surface area contributed by atoms with E-state index in [1.54, 1.807) is 6.92 Å². The van der Waals surface area contributed by atoms with Crippen molar-refractivity contribution >= 4 is 34.4 Å². The van der Waals surface area contributed by atoms with E-state index >= 15 is 0 Å². The normalized spacial score (nSPS) is 11.9. The molecule has 0 radical (unpaired) electrons. The standard InChI is InChI=1S/C11H13IN2O2/c1-7(11(13)16)14-10(15)6-8-4-2-3-5-9(8)12/h2-5,7H,6H2,1H3,(H2,13,16)(H,14,15). The highest BCUT2D eigenvalue weighted by molar-refractivity contribution is 14.1. The number of amides is 2. The average molecular weight is 332 g/mol. The van der Waals surface area contributed by atoms with Crippen LogP contribution >= 0.6 is 22.6 Å². The van der Waals surface area contributed by atoms with Gasteiger partial charge >= 0.3 is 0 Å². The van der Waals surface area contributed by atoms with E-state index in [4.69, 9.17) is 5.73 Å². The van der Waals surface area contributed by atoms with Crippen molar-refractivity contribution in [3.05, 3.63) is 33.4 Å². The zero-order valence-electron chi connectivity index (χ0n) is 8.87. The maximum atomic E-state index is 11.6. The third-order valence-electron chi connectivity index (χ3n) is 2.11. The van der Waals surface area contributed by atoms with E-state index in [0.29, 0.717) is 0 Å². The second-order valence-electron chi connectivity index (χ2n) is 3.46. The second-order valence-corrected chi connectivity index (χ2v) is 4.62. The molecule has 16 heavy (non-hydrogen) atoms. The summed E-state index contributed by atoms with van der Waals surface area (Å²) >= 11 is 2.17. The fraction of sp³-hybridized carbons (Fsp3) is 0.273. The van der Waals surface area contributed by atoms with Crippen molar-refractivity contribution in [2.45, 2.75) is 19.4 Å². The summed E-state index contributed by atoms with van der Waals surface area (Å²) in [5.74, 6) is -0.730. The summed E-state index contributed by atoms with van der Waals surface area (Å²) in [4.78, 5) is 22.3. The molecular formula is C11H13IN2O2. The Morgan fingerprint density at radius 3 is 2.62 bits per heavy atom. The first-order chi connectivity index (χ1) is 7.50. The predicted molar refractivity (Wildman–Crippen MR) is 69.7 cm³/mol. The summed E-state index contributed by atoms with van der Waals surface area (Å²) < 4.78 is 1.03. The predicted octanol–water partition coefficient (Wildman–Crippen LogP) is 0.824. The SMILES string of the molecule is CC(NC(=O)Cc1ccccc1I)C(N)=O. The number of hydrogen-bond acceptors (Lipinski definition) is 2. The molecule has 5 heteroatoms. The lowest BCUT2D eigenvalue weighted by molar-refractivity contribution is -0.126. The molecule has 0 aliphatic carbocycles. The monoisotopic (exact) mass is 332 g/mol. The van der Waals surface area contributed by atoms with Crippen LogP contribution in [-0.2, 0) is 16.0 Å². The molecule has 1 atom stereocenters. The lowest BCUT2D eigenvalue weighted by Gasteiger charge is -2.10. The van der Waals surface area contributed by atoms with E-state index in [9.17, 15) is 9.59 Å². The van der Waals surface area contributed by atoms with Gasteiger partial charge in [0.05, 0.1) is 6.42 Å². The van der Waals surface area contributed by atoms with Gasteiger partial charge in [-0.05, 0) is 41.1 Å². The van der Waals surface area contributed by atoms with E-state index in [1.807, 2.05) is 24.3 Å². The van der Waals surface area contributed by atoms with Crippen molar-refractivity contribution in [1.82, 2.24) is 5.32 Å². The molecule has 0 saturated carbocycles. The molecule has 0 aliphatic heterocycles. The molecule has 1 aromatic rings. The number of benzene rings is 1. The van der Waals surface area contributed by atoms with Crippen molar-refractivity contribution in [3.8, 4) is 0 Å². The molecule has 0 fully saturated rings. The Morgan fingerprint density at radius 1 is 1.44 bits per heavy atom. The van der Waals surface area contributed by atoms with Gasteiger partial charge in [-0.2, -0.15) is 0 Å². The lowest BCUT2D eigenvalue weighted by Crippen LogP contribution is -2.42. The van der Waals surface area contributed by atoms with Crippen LogP contribution in [0.1, 0.15) is 12.5 Å². The maximum absolute atomic E-state index is 11.6. The smallest absolute Gasteiger partial charge is 0.239 e. The van der Waals surface area contributed by atoms with Crippen LogP contribution in [-0.4, -0.2) is 17.9 Å². The molecule has 0 bridgehead atoms. The molecule has 0 saturated heterocycles. The van der Waals surface area contributed by atoms with Gasteiger partial charge in [-0.3, -0.25) is 9.59 Å². The van der Waals surface area contributed by atoms with Crippen LogP contribution in [0.2, 0.25) is 0 Å². The maximum Gasteiger partial charge on any atom is 0.239 e. The molecule has 0 heterocycles. The highest BCUT2D eigenvalue weighted by Gasteiger charge is 2.13. The van der Waals surface area contributed by atoms with Crippen LogP contribution in [0.15, 0.2) is 24.3 Å². The van der Waals surface area contributed by atoms with Crippen LogP contribution in [0.4, 0.5) is 0 Å². The molecule has 0 aromatic heterocycles. The van der Waals surface area contributed by atoms with Gasteiger partial charge in [0.1, 0.15) is 6.04 Å². The number of rotatable bonds is 4. The van der Waals surface area contributed by atoms with Crippen LogP contribution < -0.4 is 11.1 Å². The number of halogens is 1. The Balaban J connectivity index is 2.59. The summed E-state index contributed by atoms with van der Waals surface area (Å²) in [7, 11) is 0. The molecule has 4 nitrogen and oxygen atoms in total. The van der Waals surface area contributed by atoms with Crippen molar-refractivity contribution in [1.29, 1.82) is 0 Å². The number of carbonyl (C=O) groups is 2. The van der Waals surface area contributed by atoms with E-state index in [-0.39, 0.29) is 12.3 Å². The summed E-state index contributed by atoms with van der Waals surface area (Å²) in [5.41, 5.74) is 5.99. The zero-order chi connectivity index (χ0) is 12.1. The number of nitrogens with two attached hydrogens (primary N) is 1. The van der Waals surface area contributed by atoms with E-state index < -0.39 is 11.9 Å². The summed E-state index contributed by atoms with van der Waals surface area (Å²) in [5, 5.41) is 2.54. The van der Waals surface area contributed by atoms with Gasteiger partial charge in [0, 0.05) is 3.57 Å². The van der Waals surface area contributed by atoms with Gasteiger partial charge < -0.3 is 11.1 Å². The van der Waals surface area contributed by atoms with Gasteiger partial charge in [0.15, 0.2) is 0 Å². The molecule has 2 amide bonds. The van der Waals surface area contributed by atoms with Gasteiger partial charge in [-0.1, -0.05) is 18.2 Å². The highest BCUT2D eigenvalue weighted by Crippen LogP contribution is 2.11. The zero-order valence-corrected chi connectivity index (χ0v) is 11.0. The first kappa shape index (κ1) is 13.0. The molecule has 0 aliphatic rings. The largest absolute Gasteiger partial charge is 0.368 e. The Kier molecular flexibility index (Phi) is 4.72. The van der Waals surface area contributed by atoms with Gasteiger partial charge in [-0.25, -0.2) is 0 Å². The van der Waals surface area contributed by atoms with Crippen molar-refractivity contribution in [2.75, 3.05) is 0 Å². The first-order valence-corrected chi connectivity index (χ1v) is 5.90. The van der Waals surface area contributed by atoms with Crippen LogP contribution in [0, 0.1) is 3.57 Å². The Bertz CT molecular complexity index is 407. The molecule has 86 valence electrons. The quantitative estimate of drug-likeness (QED) is 0.802. The molecular weight excluding hydrogens is 319 g/mol. The van der Waals surface area contributed by atoms with Crippen molar-refractivity contribution in [3.63, 3.8) is 0 Å². The summed E-state index contributed by atoms with van der Waals surface area (Å²) in [6.45, 7) is 1.57. The van der Waals surface area contributed by atoms with E-state index in [0.717, 1.165) is 9.13 Å². The fourth-order valence-electron chi connectivity index (χ4n) is 1.18. The van der Waals surface area contributed by atoms with Gasteiger partial charge in [0.25, 0.3) is 0 Å². The molecule has 1 rings (SSSR count). The molecule has 1 aromatic carbocycles. The number of carbonyl (C=O) groups excluding carboxylic acids is 2. The third kappa shape index (κ3) is 3.80. The minimum atomic E-state index is -0.631. The van der Waals surface area contributed by atoms with E-state index in [2.05, 4.69) is 27.9 Å². The Hall–Kier alpha value is -1.11. The molecule has 0 spiro atoms. The van der Waals surface area contributed by atoms with Crippen molar-refractivity contribution in [2.24, 2.45) is 5.73 Å². The third-order valence-corrected chi connectivity index (χ3v) is 3.17. The Labute approximate surface area is 108 Å². The highest BCUT2D eigenvalue weighted by atomic mass is 127. The topological polar surface area (TPSA) is 72.2 Å². The van der Waals surface area contributed by atoms with Gasteiger partial charge in [0.2, 0.25) is 11.8 Å². The van der Waals surface area contributed by atoms with E-state index in [1.165, 1.54) is 0 Å². The fourth-order valence-corrected chi connectivity index (χ4v) is 1.76. The first-order valence-electron chi connectivity index (χ1n) is 4.83. The summed E-state index contributed by atoms with van der Waals surface area (Å²) in [6.07, 6.45) is 0.261. The molecule has 1 unspecified atom stereocenters. The van der Waals surface area contributed by atoms with Gasteiger partial charge in [-0.15, -0.1) is 0 Å².